The molecule has 0 radical (unpaired) electrons. The Kier molecular flexibility index (Phi) is 2.82. The number of hydrogen-bond donors (Lipinski definition) is 1. The van der Waals surface area contributed by atoms with Crippen LogP contribution >= 0.6 is 0 Å². The maximum absolute atomic E-state index is 4.13. The first-order chi connectivity index (χ1) is 6.77. The van der Waals surface area contributed by atoms with Gasteiger partial charge in [0.2, 0.25) is 0 Å². The summed E-state index contributed by atoms with van der Waals surface area (Å²) in [4.78, 5) is 0. The number of rotatable bonds is 5. The summed E-state index contributed by atoms with van der Waals surface area (Å²) < 4.78 is 2.13. The van der Waals surface area contributed by atoms with Crippen molar-refractivity contribution in [2.24, 2.45) is 0 Å². The van der Waals surface area contributed by atoms with Crippen molar-refractivity contribution in [2.45, 2.75) is 45.2 Å². The Balaban J connectivity index is 1.84. The topological polar surface area (TPSA) is 42.7 Å². The molecule has 1 aliphatic rings. The van der Waals surface area contributed by atoms with Crippen LogP contribution in [0.15, 0.2) is 6.33 Å². The maximum atomic E-state index is 4.13. The second kappa shape index (κ2) is 4.09. The van der Waals surface area contributed by atoms with Crippen LogP contribution in [0.2, 0.25) is 0 Å². The fourth-order valence-corrected chi connectivity index (χ4v) is 1.55. The lowest BCUT2D eigenvalue weighted by Crippen LogP contribution is -2.21. The molecule has 0 saturated heterocycles. The van der Waals surface area contributed by atoms with Crippen molar-refractivity contribution in [3.8, 4) is 0 Å². The molecule has 1 N–H and O–H groups in total. The van der Waals surface area contributed by atoms with E-state index in [2.05, 4.69) is 33.9 Å². The predicted octanol–water partition coefficient (Wildman–Crippen LogP) is 1.15. The highest BCUT2D eigenvalue weighted by molar-refractivity contribution is 4.90. The lowest BCUT2D eigenvalue weighted by Gasteiger charge is -2.09. The van der Waals surface area contributed by atoms with Gasteiger partial charge in [-0.05, 0) is 26.7 Å². The van der Waals surface area contributed by atoms with Gasteiger partial charge in [0.25, 0.3) is 0 Å². The summed E-state index contributed by atoms with van der Waals surface area (Å²) in [6, 6.07) is 1.24. The fraction of sp³-hybridized carbons (Fsp3) is 0.800. The van der Waals surface area contributed by atoms with Gasteiger partial charge in [-0.3, -0.25) is 0 Å². The van der Waals surface area contributed by atoms with E-state index in [9.17, 15) is 0 Å². The molecule has 0 spiro atoms. The van der Waals surface area contributed by atoms with Crippen LogP contribution in [0, 0.1) is 0 Å². The summed E-state index contributed by atoms with van der Waals surface area (Å²) in [6.07, 6.45) is 5.49. The molecule has 1 heterocycles. The van der Waals surface area contributed by atoms with Crippen LogP contribution in [0.5, 0.6) is 0 Å². The predicted molar refractivity (Wildman–Crippen MR) is 55.1 cm³/mol. The van der Waals surface area contributed by atoms with Crippen LogP contribution in [-0.2, 0) is 6.42 Å². The summed E-state index contributed by atoms with van der Waals surface area (Å²) in [6.45, 7) is 5.33. The molecule has 1 aromatic heterocycles. The van der Waals surface area contributed by atoms with Crippen molar-refractivity contribution in [3.63, 3.8) is 0 Å². The second-order valence-electron chi connectivity index (χ2n) is 4.23. The summed E-state index contributed by atoms with van der Waals surface area (Å²) in [5, 5.41) is 11.5. The van der Waals surface area contributed by atoms with Crippen molar-refractivity contribution < 1.29 is 0 Å². The Morgan fingerprint density at radius 1 is 1.57 bits per heavy atom. The van der Waals surface area contributed by atoms with Crippen LogP contribution in [-0.4, -0.2) is 27.4 Å². The average Bonchev–Trinajstić information content (AvgIpc) is 2.82. The molecule has 1 aromatic rings. The molecule has 78 valence electrons. The van der Waals surface area contributed by atoms with Gasteiger partial charge in [0.1, 0.15) is 12.2 Å². The minimum absolute atomic E-state index is 0.459. The molecule has 0 aliphatic heterocycles. The van der Waals surface area contributed by atoms with E-state index in [1.165, 1.54) is 12.8 Å². The van der Waals surface area contributed by atoms with Gasteiger partial charge in [-0.2, -0.15) is 0 Å². The number of nitrogens with one attached hydrogen (secondary N) is 1. The Bertz CT molecular complexity index is 288. The van der Waals surface area contributed by atoms with E-state index in [4.69, 9.17) is 0 Å². The number of aromatic nitrogens is 3. The van der Waals surface area contributed by atoms with Gasteiger partial charge in [-0.25, -0.2) is 0 Å². The first kappa shape index (κ1) is 9.65. The molecule has 1 aliphatic carbocycles. The third kappa shape index (κ3) is 2.32. The Hall–Kier alpha value is -0.900. The largest absolute Gasteiger partial charge is 0.315 e. The summed E-state index contributed by atoms with van der Waals surface area (Å²) >= 11 is 0. The zero-order valence-corrected chi connectivity index (χ0v) is 8.90. The Morgan fingerprint density at radius 3 is 3.00 bits per heavy atom. The summed E-state index contributed by atoms with van der Waals surface area (Å²) in [5.74, 6) is 1.09. The van der Waals surface area contributed by atoms with Gasteiger partial charge >= 0.3 is 0 Å². The lowest BCUT2D eigenvalue weighted by atomic mass is 10.3. The third-order valence-corrected chi connectivity index (χ3v) is 2.56. The number of nitrogens with zero attached hydrogens (tertiary/aromatic N) is 3. The molecule has 2 rings (SSSR count). The Morgan fingerprint density at radius 2 is 2.36 bits per heavy atom. The van der Waals surface area contributed by atoms with Crippen LogP contribution in [0.25, 0.3) is 0 Å². The molecule has 14 heavy (non-hydrogen) atoms. The zero-order chi connectivity index (χ0) is 9.97. The number of hydrogen-bond acceptors (Lipinski definition) is 3. The minimum atomic E-state index is 0.459. The van der Waals surface area contributed by atoms with Crippen LogP contribution in [0.3, 0.4) is 0 Å². The fourth-order valence-electron chi connectivity index (χ4n) is 1.55. The molecular formula is C10H18N4. The van der Waals surface area contributed by atoms with E-state index in [0.29, 0.717) is 6.04 Å². The quantitative estimate of drug-likeness (QED) is 0.764. The zero-order valence-electron chi connectivity index (χ0n) is 8.90. The smallest absolute Gasteiger partial charge is 0.134 e. The molecule has 4 heteroatoms. The molecule has 1 fully saturated rings. The highest BCUT2D eigenvalue weighted by atomic mass is 15.3. The summed E-state index contributed by atoms with van der Waals surface area (Å²) in [7, 11) is 0. The maximum Gasteiger partial charge on any atom is 0.134 e. The summed E-state index contributed by atoms with van der Waals surface area (Å²) in [5.41, 5.74) is 0. The molecule has 0 unspecified atom stereocenters. The van der Waals surface area contributed by atoms with Crippen LogP contribution in [0.4, 0.5) is 0 Å². The first-order valence-corrected chi connectivity index (χ1v) is 5.39. The van der Waals surface area contributed by atoms with Crippen LogP contribution < -0.4 is 5.32 Å². The van der Waals surface area contributed by atoms with E-state index < -0.39 is 0 Å². The highest BCUT2D eigenvalue weighted by Gasteiger charge is 2.20. The van der Waals surface area contributed by atoms with E-state index in [-0.39, 0.29) is 0 Å². The molecular weight excluding hydrogens is 176 g/mol. The SMILES string of the molecule is CC(C)n1cnnc1CCNC1CC1. The average molecular weight is 194 g/mol. The van der Waals surface area contributed by atoms with Crippen molar-refractivity contribution >= 4 is 0 Å². The van der Waals surface area contributed by atoms with Crippen molar-refractivity contribution in [2.75, 3.05) is 6.54 Å². The van der Waals surface area contributed by atoms with Crippen molar-refractivity contribution in [1.82, 2.24) is 20.1 Å². The van der Waals surface area contributed by atoms with E-state index >= 15 is 0 Å². The molecule has 0 aromatic carbocycles. The lowest BCUT2D eigenvalue weighted by molar-refractivity contribution is 0.554. The Labute approximate surface area is 84.7 Å². The van der Waals surface area contributed by atoms with Gasteiger partial charge in [0.15, 0.2) is 0 Å². The van der Waals surface area contributed by atoms with Crippen molar-refractivity contribution in [1.29, 1.82) is 0 Å². The minimum Gasteiger partial charge on any atom is -0.315 e. The van der Waals surface area contributed by atoms with Gasteiger partial charge in [-0.15, -0.1) is 10.2 Å². The molecule has 0 bridgehead atoms. The molecule has 4 nitrogen and oxygen atoms in total. The third-order valence-electron chi connectivity index (χ3n) is 2.56. The molecule has 1 saturated carbocycles. The van der Waals surface area contributed by atoms with E-state index in [0.717, 1.165) is 24.8 Å². The first-order valence-electron chi connectivity index (χ1n) is 5.39. The highest BCUT2D eigenvalue weighted by Crippen LogP contribution is 2.18. The molecule has 0 atom stereocenters. The molecule has 0 amide bonds. The van der Waals surface area contributed by atoms with Gasteiger partial charge < -0.3 is 9.88 Å². The van der Waals surface area contributed by atoms with Gasteiger partial charge in [0.05, 0.1) is 0 Å². The second-order valence-corrected chi connectivity index (χ2v) is 4.23. The van der Waals surface area contributed by atoms with Crippen LogP contribution in [0.1, 0.15) is 38.6 Å². The standard InChI is InChI=1S/C10H18N4/c1-8(2)14-7-12-13-10(14)5-6-11-9-3-4-9/h7-9,11H,3-6H2,1-2H3. The van der Waals surface area contributed by atoms with Gasteiger partial charge in [-0.1, -0.05) is 0 Å². The van der Waals surface area contributed by atoms with E-state index in [1.54, 1.807) is 0 Å². The monoisotopic (exact) mass is 194 g/mol. The van der Waals surface area contributed by atoms with E-state index in [1.807, 2.05) is 6.33 Å². The normalized spacial score (nSPS) is 16.5. The van der Waals surface area contributed by atoms with Crippen molar-refractivity contribution in [3.05, 3.63) is 12.2 Å². The van der Waals surface area contributed by atoms with Gasteiger partial charge in [0, 0.05) is 25.0 Å².